The Balaban J connectivity index is 1.92. The van der Waals surface area contributed by atoms with Gasteiger partial charge in [0.2, 0.25) is 0 Å². The number of aryl methyl sites for hydroxylation is 1. The maximum Gasteiger partial charge on any atom is 0.0537 e. The fourth-order valence-corrected chi connectivity index (χ4v) is 3.13. The van der Waals surface area contributed by atoms with Gasteiger partial charge in [-0.15, -0.1) is 0 Å². The molecule has 102 valence electrons. The largest absolute Gasteiger partial charge is 0.324 e. The summed E-state index contributed by atoms with van der Waals surface area (Å²) < 4.78 is 2.02. The fraction of sp³-hybridized carbons (Fsp3) is 0.800. The van der Waals surface area contributed by atoms with Crippen molar-refractivity contribution in [2.75, 3.05) is 0 Å². The van der Waals surface area contributed by atoms with Crippen LogP contribution in [0.1, 0.15) is 64.0 Å². The molecule has 1 atom stereocenters. The Morgan fingerprint density at radius 2 is 2.06 bits per heavy atom. The molecule has 3 heteroatoms. The minimum Gasteiger partial charge on any atom is -0.324 e. The molecular weight excluding hydrogens is 222 g/mol. The lowest BCUT2D eigenvalue weighted by Gasteiger charge is -2.31. The maximum atomic E-state index is 6.41. The van der Waals surface area contributed by atoms with Gasteiger partial charge in [0.15, 0.2) is 0 Å². The Morgan fingerprint density at radius 3 is 2.67 bits per heavy atom. The Hall–Kier alpha value is -0.830. The van der Waals surface area contributed by atoms with Crippen LogP contribution in [0.3, 0.4) is 0 Å². The van der Waals surface area contributed by atoms with Crippen molar-refractivity contribution in [3.63, 3.8) is 0 Å². The van der Waals surface area contributed by atoms with E-state index in [9.17, 15) is 0 Å². The summed E-state index contributed by atoms with van der Waals surface area (Å²) in [6.45, 7) is 5.47. The van der Waals surface area contributed by atoms with Crippen LogP contribution in [-0.2, 0) is 6.54 Å². The summed E-state index contributed by atoms with van der Waals surface area (Å²) in [6.07, 6.45) is 11.9. The van der Waals surface area contributed by atoms with Gasteiger partial charge in [-0.2, -0.15) is 5.10 Å². The first-order chi connectivity index (χ1) is 8.74. The Labute approximate surface area is 111 Å². The van der Waals surface area contributed by atoms with Gasteiger partial charge in [0.25, 0.3) is 0 Å². The molecule has 1 aliphatic rings. The van der Waals surface area contributed by atoms with E-state index >= 15 is 0 Å². The van der Waals surface area contributed by atoms with Crippen LogP contribution < -0.4 is 5.73 Å². The molecule has 0 bridgehead atoms. The summed E-state index contributed by atoms with van der Waals surface area (Å²) >= 11 is 0. The molecular formula is C15H27N3. The number of rotatable bonds is 5. The van der Waals surface area contributed by atoms with Gasteiger partial charge in [-0.3, -0.25) is 4.68 Å². The van der Waals surface area contributed by atoms with E-state index in [2.05, 4.69) is 25.1 Å². The van der Waals surface area contributed by atoms with Gasteiger partial charge < -0.3 is 5.73 Å². The molecule has 1 aliphatic carbocycles. The molecule has 0 aromatic carbocycles. The van der Waals surface area contributed by atoms with Crippen molar-refractivity contribution in [2.45, 2.75) is 65.0 Å². The van der Waals surface area contributed by atoms with Crippen molar-refractivity contribution in [2.24, 2.45) is 17.6 Å². The van der Waals surface area contributed by atoms with E-state index in [1.54, 1.807) is 0 Å². The average molecular weight is 249 g/mol. The molecule has 2 N–H and O–H groups in total. The van der Waals surface area contributed by atoms with Gasteiger partial charge >= 0.3 is 0 Å². The summed E-state index contributed by atoms with van der Waals surface area (Å²) in [5, 5.41) is 4.39. The third kappa shape index (κ3) is 3.14. The van der Waals surface area contributed by atoms with E-state index in [0.717, 1.165) is 18.9 Å². The molecule has 18 heavy (non-hydrogen) atoms. The van der Waals surface area contributed by atoms with Gasteiger partial charge in [0, 0.05) is 24.3 Å². The molecule has 0 amide bonds. The second-order valence-electron chi connectivity index (χ2n) is 5.75. The molecule has 0 saturated heterocycles. The topological polar surface area (TPSA) is 43.8 Å². The first-order valence-electron chi connectivity index (χ1n) is 7.52. The van der Waals surface area contributed by atoms with Crippen LogP contribution >= 0.6 is 0 Å². The second-order valence-corrected chi connectivity index (χ2v) is 5.75. The summed E-state index contributed by atoms with van der Waals surface area (Å²) in [5.74, 6) is 1.60. The quantitative estimate of drug-likeness (QED) is 0.868. The third-order valence-electron chi connectivity index (χ3n) is 4.47. The maximum absolute atomic E-state index is 6.41. The lowest BCUT2D eigenvalue weighted by Crippen LogP contribution is -2.25. The van der Waals surface area contributed by atoms with Gasteiger partial charge in [-0.25, -0.2) is 0 Å². The van der Waals surface area contributed by atoms with Crippen molar-refractivity contribution >= 4 is 0 Å². The van der Waals surface area contributed by atoms with Crippen LogP contribution in [-0.4, -0.2) is 9.78 Å². The number of aromatic nitrogens is 2. The smallest absolute Gasteiger partial charge is 0.0537 e. The molecule has 2 rings (SSSR count). The molecule has 0 aliphatic heterocycles. The van der Waals surface area contributed by atoms with Crippen molar-refractivity contribution in [3.05, 3.63) is 18.0 Å². The molecule has 1 saturated carbocycles. The molecule has 1 fully saturated rings. The predicted octanol–water partition coefficient (Wildman–Crippen LogP) is 3.51. The van der Waals surface area contributed by atoms with Crippen LogP contribution in [0.25, 0.3) is 0 Å². The van der Waals surface area contributed by atoms with Crippen molar-refractivity contribution in [1.82, 2.24) is 9.78 Å². The normalized spacial score (nSPS) is 26.2. The van der Waals surface area contributed by atoms with Crippen LogP contribution in [0.5, 0.6) is 0 Å². The van der Waals surface area contributed by atoms with E-state index in [0.29, 0.717) is 5.92 Å². The first kappa shape index (κ1) is 13.6. The Bertz CT molecular complexity index is 350. The van der Waals surface area contributed by atoms with E-state index in [1.807, 2.05) is 10.9 Å². The van der Waals surface area contributed by atoms with E-state index in [1.165, 1.54) is 37.7 Å². The van der Waals surface area contributed by atoms with E-state index in [4.69, 9.17) is 5.73 Å². The Morgan fingerprint density at radius 1 is 1.33 bits per heavy atom. The highest BCUT2D eigenvalue weighted by Crippen LogP contribution is 2.36. The summed E-state index contributed by atoms with van der Waals surface area (Å²) in [7, 11) is 0. The van der Waals surface area contributed by atoms with E-state index < -0.39 is 0 Å². The van der Waals surface area contributed by atoms with Crippen LogP contribution in [0.15, 0.2) is 12.4 Å². The van der Waals surface area contributed by atoms with Crippen LogP contribution in [0.4, 0.5) is 0 Å². The second kappa shape index (κ2) is 6.37. The van der Waals surface area contributed by atoms with Gasteiger partial charge in [0.1, 0.15) is 0 Å². The van der Waals surface area contributed by atoms with Gasteiger partial charge in [-0.1, -0.05) is 33.1 Å². The van der Waals surface area contributed by atoms with E-state index in [-0.39, 0.29) is 6.04 Å². The number of nitrogens with zero attached hydrogens (tertiary/aromatic N) is 2. The first-order valence-corrected chi connectivity index (χ1v) is 7.52. The SMILES string of the molecule is CCCn1cc(C(N)C2CCC(CC)CC2)cn1. The minimum absolute atomic E-state index is 0.188. The molecule has 1 aromatic heterocycles. The number of hydrogen-bond donors (Lipinski definition) is 1. The summed E-state index contributed by atoms with van der Waals surface area (Å²) in [4.78, 5) is 0. The lowest BCUT2D eigenvalue weighted by molar-refractivity contribution is 0.240. The van der Waals surface area contributed by atoms with Gasteiger partial charge in [-0.05, 0) is 31.1 Å². The highest BCUT2D eigenvalue weighted by Gasteiger charge is 2.26. The summed E-state index contributed by atoms with van der Waals surface area (Å²) in [5.41, 5.74) is 7.64. The van der Waals surface area contributed by atoms with Crippen molar-refractivity contribution < 1.29 is 0 Å². The molecule has 3 nitrogen and oxygen atoms in total. The van der Waals surface area contributed by atoms with Crippen molar-refractivity contribution in [1.29, 1.82) is 0 Å². The lowest BCUT2D eigenvalue weighted by atomic mass is 9.77. The standard InChI is InChI=1S/C15H27N3/c1-3-9-18-11-14(10-17-18)15(16)13-7-5-12(4-2)6-8-13/h10-13,15H,3-9,16H2,1-2H3. The van der Waals surface area contributed by atoms with Crippen LogP contribution in [0.2, 0.25) is 0 Å². The Kier molecular flexibility index (Phi) is 4.81. The zero-order valence-electron chi connectivity index (χ0n) is 11.8. The number of nitrogens with two attached hydrogens (primary N) is 1. The monoisotopic (exact) mass is 249 g/mol. The molecule has 1 aromatic rings. The fourth-order valence-electron chi connectivity index (χ4n) is 3.13. The zero-order valence-corrected chi connectivity index (χ0v) is 11.8. The number of hydrogen-bond acceptors (Lipinski definition) is 2. The highest BCUT2D eigenvalue weighted by atomic mass is 15.3. The highest BCUT2D eigenvalue weighted by molar-refractivity contribution is 5.11. The molecule has 0 spiro atoms. The average Bonchev–Trinajstić information content (AvgIpc) is 2.87. The summed E-state index contributed by atoms with van der Waals surface area (Å²) in [6, 6.07) is 0.188. The zero-order chi connectivity index (χ0) is 13.0. The third-order valence-corrected chi connectivity index (χ3v) is 4.47. The predicted molar refractivity (Wildman–Crippen MR) is 75.2 cm³/mol. The molecule has 1 unspecified atom stereocenters. The van der Waals surface area contributed by atoms with Gasteiger partial charge in [0.05, 0.1) is 6.20 Å². The minimum atomic E-state index is 0.188. The van der Waals surface area contributed by atoms with Crippen molar-refractivity contribution in [3.8, 4) is 0 Å². The van der Waals surface area contributed by atoms with Crippen LogP contribution in [0, 0.1) is 11.8 Å². The molecule has 0 radical (unpaired) electrons. The molecule has 1 heterocycles.